The number of aromatic nitrogens is 2. The maximum Gasteiger partial charge on any atom is 0.258 e. The molecule has 150 valence electrons. The summed E-state index contributed by atoms with van der Waals surface area (Å²) in [5, 5.41) is 13.3. The molecule has 8 heteroatoms. The standard InChI is InChI=1S/C21H22N4O4/c26-13-4-1-3-12(11-13)16-17-14(5-2-6-15(17)27)22-19-18(16)20(28)24-21(23-19)25-7-9-29-10-8-25/h1,3-4,11,16,26H,2,5-10H2,(H2,22,23,24,28)/t16-/m1/s1. The number of phenols is 1. The summed E-state index contributed by atoms with van der Waals surface area (Å²) in [4.78, 5) is 35.6. The van der Waals surface area contributed by atoms with Crippen molar-refractivity contribution in [2.75, 3.05) is 36.5 Å². The number of nitrogens with one attached hydrogen (secondary N) is 2. The molecule has 0 unspecified atom stereocenters. The topological polar surface area (TPSA) is 108 Å². The highest BCUT2D eigenvalue weighted by molar-refractivity contribution is 6.00. The Morgan fingerprint density at radius 1 is 1.17 bits per heavy atom. The highest BCUT2D eigenvalue weighted by Crippen LogP contribution is 2.43. The Bertz CT molecular complexity index is 1070. The number of aromatic hydroxyl groups is 1. The molecule has 0 saturated carbocycles. The smallest absolute Gasteiger partial charge is 0.258 e. The fourth-order valence-electron chi connectivity index (χ4n) is 4.41. The Morgan fingerprint density at radius 2 is 2.00 bits per heavy atom. The Morgan fingerprint density at radius 3 is 2.79 bits per heavy atom. The van der Waals surface area contributed by atoms with E-state index >= 15 is 0 Å². The number of Topliss-reactive ketones (excluding diaryl/α,β-unsaturated/α-hetero) is 1. The average Bonchev–Trinajstić information content (AvgIpc) is 2.73. The lowest BCUT2D eigenvalue weighted by Gasteiger charge is -2.34. The third-order valence-corrected chi connectivity index (χ3v) is 5.76. The number of rotatable bonds is 2. The van der Waals surface area contributed by atoms with E-state index in [0.29, 0.717) is 61.2 Å². The summed E-state index contributed by atoms with van der Waals surface area (Å²) in [6.45, 7) is 2.49. The van der Waals surface area contributed by atoms with E-state index in [1.165, 1.54) is 0 Å². The molecule has 2 aliphatic heterocycles. The molecule has 1 aliphatic carbocycles. The number of H-pyrrole nitrogens is 1. The predicted octanol–water partition coefficient (Wildman–Crippen LogP) is 1.88. The van der Waals surface area contributed by atoms with Gasteiger partial charge in [-0.2, -0.15) is 4.98 Å². The van der Waals surface area contributed by atoms with Crippen molar-refractivity contribution in [2.24, 2.45) is 0 Å². The van der Waals surface area contributed by atoms with Crippen molar-refractivity contribution in [3.05, 3.63) is 57.0 Å². The molecule has 2 aromatic rings. The molecular weight excluding hydrogens is 372 g/mol. The second kappa shape index (κ2) is 7.04. The minimum atomic E-state index is -0.545. The molecule has 3 heterocycles. The largest absolute Gasteiger partial charge is 0.508 e. The van der Waals surface area contributed by atoms with Crippen LogP contribution in [0.25, 0.3) is 0 Å². The quantitative estimate of drug-likeness (QED) is 0.714. The number of anilines is 2. The highest BCUT2D eigenvalue weighted by atomic mass is 16.5. The van der Waals surface area contributed by atoms with Crippen LogP contribution in [0.1, 0.15) is 36.3 Å². The zero-order chi connectivity index (χ0) is 20.0. The Hall–Kier alpha value is -3.13. The summed E-state index contributed by atoms with van der Waals surface area (Å²) in [6.07, 6.45) is 1.96. The molecule has 0 radical (unpaired) electrons. The SMILES string of the molecule is O=C1CCCC2=C1[C@@H](c1cccc(O)c1)c1c(nc(N3CCOCC3)[nH]c1=O)N2. The summed E-state index contributed by atoms with van der Waals surface area (Å²) >= 11 is 0. The molecule has 8 nitrogen and oxygen atoms in total. The maximum atomic E-state index is 13.2. The van der Waals surface area contributed by atoms with Crippen LogP contribution in [-0.4, -0.2) is 47.2 Å². The number of fused-ring (bicyclic) bond motifs is 1. The van der Waals surface area contributed by atoms with Gasteiger partial charge in [-0.15, -0.1) is 0 Å². The first-order chi connectivity index (χ1) is 14.1. The molecule has 1 atom stereocenters. The molecule has 0 spiro atoms. The number of ether oxygens (including phenoxy) is 1. The number of hydrogen-bond acceptors (Lipinski definition) is 7. The van der Waals surface area contributed by atoms with E-state index < -0.39 is 5.92 Å². The Balaban J connectivity index is 1.68. The first kappa shape index (κ1) is 17.9. The summed E-state index contributed by atoms with van der Waals surface area (Å²) < 4.78 is 5.39. The van der Waals surface area contributed by atoms with Crippen LogP contribution < -0.4 is 15.8 Å². The van der Waals surface area contributed by atoms with E-state index in [1.807, 2.05) is 11.0 Å². The van der Waals surface area contributed by atoms with E-state index in [9.17, 15) is 14.7 Å². The number of nitrogens with zero attached hydrogens (tertiary/aromatic N) is 2. The van der Waals surface area contributed by atoms with Crippen LogP contribution in [0, 0.1) is 0 Å². The van der Waals surface area contributed by atoms with Crippen LogP contribution in [0.3, 0.4) is 0 Å². The Kier molecular flexibility index (Phi) is 4.35. The molecule has 1 aromatic heterocycles. The number of morpholine rings is 1. The van der Waals surface area contributed by atoms with Gasteiger partial charge in [0.1, 0.15) is 11.6 Å². The van der Waals surface area contributed by atoms with Crippen molar-refractivity contribution in [3.8, 4) is 5.75 Å². The van der Waals surface area contributed by atoms with Gasteiger partial charge in [-0.1, -0.05) is 12.1 Å². The second-order valence-electron chi connectivity index (χ2n) is 7.57. The number of allylic oxidation sites excluding steroid dienone is 2. The monoisotopic (exact) mass is 394 g/mol. The number of benzene rings is 1. The van der Waals surface area contributed by atoms with Gasteiger partial charge in [0, 0.05) is 36.7 Å². The van der Waals surface area contributed by atoms with E-state index in [2.05, 4.69) is 10.3 Å². The summed E-state index contributed by atoms with van der Waals surface area (Å²) in [7, 11) is 0. The van der Waals surface area contributed by atoms with E-state index in [-0.39, 0.29) is 17.1 Å². The van der Waals surface area contributed by atoms with E-state index in [1.54, 1.807) is 18.2 Å². The van der Waals surface area contributed by atoms with Crippen LogP contribution in [0.2, 0.25) is 0 Å². The van der Waals surface area contributed by atoms with Crippen molar-refractivity contribution in [3.63, 3.8) is 0 Å². The van der Waals surface area contributed by atoms with Crippen molar-refractivity contribution >= 4 is 17.5 Å². The lowest BCUT2D eigenvalue weighted by Crippen LogP contribution is -2.40. The minimum absolute atomic E-state index is 0.0365. The number of ketones is 1. The molecule has 29 heavy (non-hydrogen) atoms. The number of phenolic OH excluding ortho intramolecular Hbond substituents is 1. The van der Waals surface area contributed by atoms with Gasteiger partial charge in [0.05, 0.1) is 18.8 Å². The highest BCUT2D eigenvalue weighted by Gasteiger charge is 2.38. The van der Waals surface area contributed by atoms with Gasteiger partial charge in [-0.05, 0) is 30.5 Å². The number of hydrogen-bond donors (Lipinski definition) is 3. The molecule has 5 rings (SSSR count). The molecule has 3 N–H and O–H groups in total. The first-order valence-electron chi connectivity index (χ1n) is 9.91. The van der Waals surface area contributed by atoms with Crippen molar-refractivity contribution in [1.82, 2.24) is 9.97 Å². The lowest BCUT2D eigenvalue weighted by molar-refractivity contribution is -0.116. The molecular formula is C21H22N4O4. The van der Waals surface area contributed by atoms with Crippen LogP contribution >= 0.6 is 0 Å². The lowest BCUT2D eigenvalue weighted by atomic mass is 9.76. The Labute approximate surface area is 167 Å². The van der Waals surface area contributed by atoms with Gasteiger partial charge in [0.25, 0.3) is 5.56 Å². The predicted molar refractivity (Wildman–Crippen MR) is 107 cm³/mol. The summed E-state index contributed by atoms with van der Waals surface area (Å²) in [5.74, 6) is 0.579. The average molecular weight is 394 g/mol. The van der Waals surface area contributed by atoms with Gasteiger partial charge >= 0.3 is 0 Å². The minimum Gasteiger partial charge on any atom is -0.508 e. The van der Waals surface area contributed by atoms with Gasteiger partial charge in [0.15, 0.2) is 5.78 Å². The molecule has 0 amide bonds. The van der Waals surface area contributed by atoms with E-state index in [4.69, 9.17) is 9.72 Å². The van der Waals surface area contributed by atoms with Gasteiger partial charge in [-0.25, -0.2) is 0 Å². The van der Waals surface area contributed by atoms with Crippen LogP contribution in [-0.2, 0) is 9.53 Å². The van der Waals surface area contributed by atoms with Crippen molar-refractivity contribution in [1.29, 1.82) is 0 Å². The molecule has 0 bridgehead atoms. The van der Waals surface area contributed by atoms with Crippen LogP contribution in [0.4, 0.5) is 11.8 Å². The number of carbonyl (C=O) groups excluding carboxylic acids is 1. The normalized spacial score (nSPS) is 21.4. The maximum absolute atomic E-state index is 13.2. The zero-order valence-electron chi connectivity index (χ0n) is 15.9. The molecule has 3 aliphatic rings. The summed E-state index contributed by atoms with van der Waals surface area (Å²) in [5.41, 5.74) is 2.29. The summed E-state index contributed by atoms with van der Waals surface area (Å²) in [6, 6.07) is 6.75. The molecule has 1 fully saturated rings. The molecule has 1 saturated heterocycles. The van der Waals surface area contributed by atoms with Crippen LogP contribution in [0.15, 0.2) is 40.3 Å². The zero-order valence-corrected chi connectivity index (χ0v) is 15.9. The van der Waals surface area contributed by atoms with Gasteiger partial charge < -0.3 is 20.1 Å². The third-order valence-electron chi connectivity index (χ3n) is 5.76. The van der Waals surface area contributed by atoms with Gasteiger partial charge in [0.2, 0.25) is 5.95 Å². The molecule has 1 aromatic carbocycles. The number of aromatic amines is 1. The number of carbonyl (C=O) groups is 1. The van der Waals surface area contributed by atoms with Gasteiger partial charge in [-0.3, -0.25) is 14.6 Å². The first-order valence-corrected chi connectivity index (χ1v) is 9.91. The van der Waals surface area contributed by atoms with Crippen molar-refractivity contribution in [2.45, 2.75) is 25.2 Å². The fraction of sp³-hybridized carbons (Fsp3) is 0.381. The van der Waals surface area contributed by atoms with Crippen molar-refractivity contribution < 1.29 is 14.6 Å². The fourth-order valence-corrected chi connectivity index (χ4v) is 4.41. The second-order valence-corrected chi connectivity index (χ2v) is 7.57. The van der Waals surface area contributed by atoms with E-state index in [0.717, 1.165) is 18.5 Å². The third kappa shape index (κ3) is 3.09. The van der Waals surface area contributed by atoms with Crippen LogP contribution in [0.5, 0.6) is 5.75 Å².